The molecule has 5 rings (SSSR count). The molecule has 2 aliphatic heterocycles. The largest absolute Gasteiger partial charge is 0.362 e. The van der Waals surface area contributed by atoms with E-state index < -0.39 is 0 Å². The van der Waals surface area contributed by atoms with Crippen LogP contribution in [0.25, 0.3) is 0 Å². The molecule has 1 spiro atoms. The molecule has 0 N–H and O–H groups in total. The summed E-state index contributed by atoms with van der Waals surface area (Å²) in [5.41, 5.74) is 2.88. The van der Waals surface area contributed by atoms with Crippen LogP contribution in [-0.4, -0.2) is 17.5 Å². The highest BCUT2D eigenvalue weighted by Gasteiger charge is 2.76. The minimum absolute atomic E-state index is 0.141. The predicted octanol–water partition coefficient (Wildman–Crippen LogP) is 3.96. The van der Waals surface area contributed by atoms with Gasteiger partial charge in [0.25, 0.3) is 0 Å². The molecule has 4 fully saturated rings. The van der Waals surface area contributed by atoms with E-state index in [-0.39, 0.29) is 17.1 Å². The lowest BCUT2D eigenvalue weighted by molar-refractivity contribution is -0.130. The van der Waals surface area contributed by atoms with E-state index in [1.54, 1.807) is 11.1 Å². The molecule has 2 saturated carbocycles. The van der Waals surface area contributed by atoms with Gasteiger partial charge in [-0.2, -0.15) is 0 Å². The Balaban J connectivity index is 1.64. The van der Waals surface area contributed by atoms with Crippen molar-refractivity contribution in [2.45, 2.75) is 70.0 Å². The number of rotatable bonds is 0. The third-order valence-corrected chi connectivity index (χ3v) is 7.23. The molecule has 2 heteroatoms. The Hall–Kier alpha value is -0.890. The first kappa shape index (κ1) is 12.6. The van der Waals surface area contributed by atoms with Crippen molar-refractivity contribution < 1.29 is 9.53 Å². The third-order valence-electron chi connectivity index (χ3n) is 7.23. The van der Waals surface area contributed by atoms with Gasteiger partial charge in [0.05, 0.1) is 11.0 Å². The number of carbonyl (C=O) groups is 1. The lowest BCUT2D eigenvalue weighted by Crippen LogP contribution is -2.52. The van der Waals surface area contributed by atoms with Crippen molar-refractivity contribution in [2.75, 3.05) is 0 Å². The Morgan fingerprint density at radius 1 is 1.14 bits per heavy atom. The van der Waals surface area contributed by atoms with Crippen LogP contribution in [0, 0.1) is 17.3 Å². The second-order valence-electron chi connectivity index (χ2n) is 8.01. The molecular formula is C19H24O2. The smallest absolute Gasteiger partial charge is 0.170 e. The molecule has 2 bridgehead atoms. The van der Waals surface area contributed by atoms with E-state index in [4.69, 9.17) is 4.74 Å². The van der Waals surface area contributed by atoms with Gasteiger partial charge in [-0.1, -0.05) is 24.1 Å². The molecule has 0 radical (unpaired) electrons. The van der Waals surface area contributed by atoms with E-state index in [2.05, 4.69) is 19.1 Å². The van der Waals surface area contributed by atoms with Crippen LogP contribution < -0.4 is 0 Å². The monoisotopic (exact) mass is 284 g/mol. The predicted molar refractivity (Wildman–Crippen MR) is 80.8 cm³/mol. The van der Waals surface area contributed by atoms with Gasteiger partial charge < -0.3 is 4.74 Å². The highest BCUT2D eigenvalue weighted by Crippen LogP contribution is 2.69. The fourth-order valence-electron chi connectivity index (χ4n) is 6.21. The van der Waals surface area contributed by atoms with E-state index >= 15 is 0 Å². The molecule has 5 aliphatic rings. The first-order valence-electron chi connectivity index (χ1n) is 8.80. The summed E-state index contributed by atoms with van der Waals surface area (Å²) >= 11 is 0. The molecule has 2 saturated heterocycles. The van der Waals surface area contributed by atoms with Crippen molar-refractivity contribution in [3.8, 4) is 0 Å². The Bertz CT molecular complexity index is 578. The summed E-state index contributed by atoms with van der Waals surface area (Å²) in [6.07, 6.45) is 14.4. The molecule has 2 heterocycles. The standard InChI is InChI=1S/C19H24O2/c1-18-10-5-11-19(18)15-13(12-6-3-2-4-7-12)8-9-14(15)16(21-19)17(18)20/h8-9,14-16H,2-7,10-11H2,1H3/t14-,15+,16-,18-,19+/m1/s1. The van der Waals surface area contributed by atoms with E-state index in [0.29, 0.717) is 17.6 Å². The number of carbonyl (C=O) groups excluding carboxylic acids is 1. The number of hydrogen-bond acceptors (Lipinski definition) is 2. The van der Waals surface area contributed by atoms with Crippen LogP contribution in [0.2, 0.25) is 0 Å². The summed E-state index contributed by atoms with van der Waals surface area (Å²) in [6, 6.07) is 0. The van der Waals surface area contributed by atoms with Crippen molar-refractivity contribution in [3.63, 3.8) is 0 Å². The van der Waals surface area contributed by atoms with Crippen molar-refractivity contribution in [1.82, 2.24) is 0 Å². The highest BCUT2D eigenvalue weighted by atomic mass is 16.5. The van der Waals surface area contributed by atoms with Gasteiger partial charge in [0.15, 0.2) is 5.78 Å². The van der Waals surface area contributed by atoms with Gasteiger partial charge >= 0.3 is 0 Å². The van der Waals surface area contributed by atoms with Crippen molar-refractivity contribution in [1.29, 1.82) is 0 Å². The summed E-state index contributed by atoms with van der Waals surface area (Å²) in [5.74, 6) is 1.23. The highest BCUT2D eigenvalue weighted by molar-refractivity contribution is 5.95. The third kappa shape index (κ3) is 1.28. The molecule has 0 aromatic heterocycles. The number of Topliss-reactive ketones (excluding diaryl/α,β-unsaturated/α-hetero) is 1. The average molecular weight is 284 g/mol. The summed E-state index contributed by atoms with van der Waals surface area (Å²) in [5, 5.41) is 0. The maximum atomic E-state index is 12.8. The number of allylic oxidation sites excluding steroid dienone is 2. The molecule has 0 aromatic carbocycles. The van der Waals surface area contributed by atoms with Crippen LogP contribution >= 0.6 is 0 Å². The maximum absolute atomic E-state index is 12.8. The zero-order valence-corrected chi connectivity index (χ0v) is 12.9. The number of fused-ring (bicyclic) bond motifs is 3. The van der Waals surface area contributed by atoms with Gasteiger partial charge in [-0.3, -0.25) is 4.79 Å². The first-order valence-corrected chi connectivity index (χ1v) is 8.80. The summed E-state index contributed by atoms with van der Waals surface area (Å²) in [6.45, 7) is 2.19. The normalized spacial score (nSPS) is 50.9. The van der Waals surface area contributed by atoms with Crippen molar-refractivity contribution in [3.05, 3.63) is 23.3 Å². The Kier molecular flexibility index (Phi) is 2.34. The van der Waals surface area contributed by atoms with Crippen molar-refractivity contribution in [2.24, 2.45) is 17.3 Å². The SMILES string of the molecule is C[C@]12CCC[C@@]13O[C@@H](C2=O)[C@@H]1C=CC(=C2CCCCC2)[C@@H]13. The molecule has 0 unspecified atom stereocenters. The van der Waals surface area contributed by atoms with Crippen LogP contribution in [0.1, 0.15) is 58.3 Å². The van der Waals surface area contributed by atoms with Crippen LogP contribution in [0.5, 0.6) is 0 Å². The number of hydrogen-bond donors (Lipinski definition) is 0. The lowest BCUT2D eigenvalue weighted by Gasteiger charge is -2.42. The fourth-order valence-corrected chi connectivity index (χ4v) is 6.21. The topological polar surface area (TPSA) is 26.3 Å². The van der Waals surface area contributed by atoms with E-state index in [0.717, 1.165) is 19.3 Å². The second-order valence-corrected chi connectivity index (χ2v) is 8.01. The van der Waals surface area contributed by atoms with Gasteiger partial charge in [0, 0.05) is 11.8 Å². The second kappa shape index (κ2) is 3.90. The minimum atomic E-state index is -0.203. The molecule has 0 aromatic rings. The van der Waals surface area contributed by atoms with Gasteiger partial charge in [-0.05, 0) is 57.4 Å². The van der Waals surface area contributed by atoms with Gasteiger partial charge in [0.2, 0.25) is 0 Å². The molecule has 5 atom stereocenters. The lowest BCUT2D eigenvalue weighted by atomic mass is 9.58. The van der Waals surface area contributed by atoms with Crippen molar-refractivity contribution >= 4 is 5.78 Å². The molecule has 21 heavy (non-hydrogen) atoms. The average Bonchev–Trinajstić information content (AvgIpc) is 3.19. The molecule has 2 nitrogen and oxygen atoms in total. The van der Waals surface area contributed by atoms with Gasteiger partial charge in [-0.15, -0.1) is 0 Å². The fraction of sp³-hybridized carbons (Fsp3) is 0.737. The summed E-state index contributed by atoms with van der Waals surface area (Å²) in [4.78, 5) is 12.8. The first-order chi connectivity index (χ1) is 10.2. The molecule has 0 amide bonds. The van der Waals surface area contributed by atoms with E-state index in [9.17, 15) is 4.79 Å². The summed E-state index contributed by atoms with van der Waals surface area (Å²) in [7, 11) is 0. The zero-order chi connectivity index (χ0) is 14.2. The Labute approximate surface area is 126 Å². The maximum Gasteiger partial charge on any atom is 0.170 e. The van der Waals surface area contributed by atoms with Crippen LogP contribution in [0.3, 0.4) is 0 Å². The van der Waals surface area contributed by atoms with E-state index in [1.807, 2.05) is 0 Å². The Morgan fingerprint density at radius 2 is 1.95 bits per heavy atom. The molecule has 112 valence electrons. The summed E-state index contributed by atoms with van der Waals surface area (Å²) < 4.78 is 6.45. The van der Waals surface area contributed by atoms with Crippen LogP contribution in [0.15, 0.2) is 23.3 Å². The quantitative estimate of drug-likeness (QED) is 0.673. The number of ketones is 1. The molecule has 3 aliphatic carbocycles. The Morgan fingerprint density at radius 3 is 2.76 bits per heavy atom. The van der Waals surface area contributed by atoms with Gasteiger partial charge in [-0.25, -0.2) is 0 Å². The van der Waals surface area contributed by atoms with Gasteiger partial charge in [0.1, 0.15) is 6.10 Å². The number of ether oxygens (including phenoxy) is 1. The van der Waals surface area contributed by atoms with Crippen LogP contribution in [-0.2, 0) is 9.53 Å². The molecular weight excluding hydrogens is 260 g/mol. The van der Waals surface area contributed by atoms with Crippen LogP contribution in [0.4, 0.5) is 0 Å². The van der Waals surface area contributed by atoms with E-state index in [1.165, 1.54) is 32.1 Å². The zero-order valence-electron chi connectivity index (χ0n) is 12.9. The minimum Gasteiger partial charge on any atom is -0.362 e.